The summed E-state index contributed by atoms with van der Waals surface area (Å²) in [6, 6.07) is 5.43. The molecule has 2 N–H and O–H groups in total. The van der Waals surface area contributed by atoms with Gasteiger partial charge in [-0.05, 0) is 19.1 Å². The molecule has 14 heavy (non-hydrogen) atoms. The lowest BCUT2D eigenvalue weighted by molar-refractivity contribution is 0.463. The Balaban J connectivity index is 2.80. The third-order valence-corrected chi connectivity index (χ3v) is 2.76. The van der Waals surface area contributed by atoms with E-state index in [1.165, 1.54) is 7.05 Å². The molecule has 5 nitrogen and oxygen atoms in total. The van der Waals surface area contributed by atoms with Gasteiger partial charge in [-0.1, -0.05) is 6.07 Å². The zero-order valence-corrected chi connectivity index (χ0v) is 8.95. The van der Waals surface area contributed by atoms with Crippen LogP contribution in [0.15, 0.2) is 18.2 Å². The second-order valence-corrected chi connectivity index (χ2v) is 4.72. The minimum atomic E-state index is -3.62. The zero-order chi connectivity index (χ0) is 10.8. The first-order chi connectivity index (χ1) is 6.39. The second kappa shape index (κ2) is 4.04. The summed E-state index contributed by atoms with van der Waals surface area (Å²) in [5.41, 5.74) is 1.53. The van der Waals surface area contributed by atoms with Gasteiger partial charge in [-0.15, -0.1) is 0 Å². The summed E-state index contributed by atoms with van der Waals surface area (Å²) >= 11 is 0. The molecule has 0 aliphatic carbocycles. The number of aryl methyl sites for hydroxylation is 1. The first kappa shape index (κ1) is 11.1. The fraction of sp³-hybridized carbons (Fsp3) is 0.375. The van der Waals surface area contributed by atoms with E-state index >= 15 is 0 Å². The van der Waals surface area contributed by atoms with Crippen molar-refractivity contribution in [3.8, 4) is 0 Å². The third kappa shape index (κ3) is 3.06. The smallest absolute Gasteiger partial charge is 0.257 e. The van der Waals surface area contributed by atoms with Gasteiger partial charge >= 0.3 is 0 Å². The molecule has 0 aliphatic rings. The number of hydrogen-bond donors (Lipinski definition) is 1. The lowest BCUT2D eigenvalue weighted by Gasteiger charge is -2.12. The molecule has 78 valence electrons. The number of pyridine rings is 1. The monoisotopic (exact) mass is 215 g/mol. The third-order valence-electron chi connectivity index (χ3n) is 1.77. The van der Waals surface area contributed by atoms with Gasteiger partial charge in [0.25, 0.3) is 10.2 Å². The van der Waals surface area contributed by atoms with Crippen LogP contribution in [-0.2, 0) is 16.8 Å². The van der Waals surface area contributed by atoms with Gasteiger partial charge in [0.1, 0.15) is 0 Å². The molecule has 1 aromatic heterocycles. The summed E-state index contributed by atoms with van der Waals surface area (Å²) < 4.78 is 22.8. The Labute approximate surface area is 83.7 Å². The fourth-order valence-corrected chi connectivity index (χ4v) is 1.32. The number of aromatic nitrogens is 1. The van der Waals surface area contributed by atoms with E-state index in [1.54, 1.807) is 6.07 Å². The van der Waals surface area contributed by atoms with Crippen LogP contribution in [0.4, 0.5) is 0 Å². The quantitative estimate of drug-likeness (QED) is 0.772. The molecular weight excluding hydrogens is 202 g/mol. The van der Waals surface area contributed by atoms with E-state index in [2.05, 4.69) is 4.98 Å². The lowest BCUT2D eigenvalue weighted by Crippen LogP contribution is -2.32. The summed E-state index contributed by atoms with van der Waals surface area (Å²) in [5.74, 6) is 0. The van der Waals surface area contributed by atoms with E-state index < -0.39 is 10.2 Å². The van der Waals surface area contributed by atoms with Crippen molar-refractivity contribution in [1.29, 1.82) is 0 Å². The summed E-state index contributed by atoms with van der Waals surface area (Å²) in [6.07, 6.45) is 0. The Morgan fingerprint density at radius 3 is 2.64 bits per heavy atom. The van der Waals surface area contributed by atoms with Crippen molar-refractivity contribution in [3.05, 3.63) is 29.6 Å². The highest BCUT2D eigenvalue weighted by Gasteiger charge is 2.12. The van der Waals surface area contributed by atoms with Gasteiger partial charge < -0.3 is 0 Å². The van der Waals surface area contributed by atoms with Crippen molar-refractivity contribution in [2.75, 3.05) is 7.05 Å². The van der Waals surface area contributed by atoms with Crippen molar-refractivity contribution in [2.24, 2.45) is 5.14 Å². The van der Waals surface area contributed by atoms with Crippen LogP contribution in [0.1, 0.15) is 11.4 Å². The standard InChI is InChI=1S/C8H13N3O2S/c1-7-4-3-5-8(10-7)6-11(2)14(9,12)13/h3-5H,6H2,1-2H3,(H2,9,12,13). The van der Waals surface area contributed by atoms with Gasteiger partial charge in [0.2, 0.25) is 0 Å². The Kier molecular flexibility index (Phi) is 3.20. The van der Waals surface area contributed by atoms with Gasteiger partial charge in [-0.25, -0.2) is 5.14 Å². The van der Waals surface area contributed by atoms with Crippen LogP contribution >= 0.6 is 0 Å². The van der Waals surface area contributed by atoms with Gasteiger partial charge in [0.15, 0.2) is 0 Å². The normalized spacial score (nSPS) is 12.0. The SMILES string of the molecule is Cc1cccc(CN(C)S(N)(=O)=O)n1. The predicted molar refractivity (Wildman–Crippen MR) is 53.5 cm³/mol. The van der Waals surface area contributed by atoms with Crippen molar-refractivity contribution >= 4 is 10.2 Å². The van der Waals surface area contributed by atoms with Crippen LogP contribution < -0.4 is 5.14 Å². The van der Waals surface area contributed by atoms with Crippen molar-refractivity contribution in [1.82, 2.24) is 9.29 Å². The number of nitrogens with zero attached hydrogens (tertiary/aromatic N) is 2. The molecule has 0 atom stereocenters. The minimum absolute atomic E-state index is 0.195. The van der Waals surface area contributed by atoms with Crippen LogP contribution in [0.3, 0.4) is 0 Å². The molecule has 0 amide bonds. The van der Waals surface area contributed by atoms with E-state index in [9.17, 15) is 8.42 Å². The molecule has 0 aliphatic heterocycles. The first-order valence-electron chi connectivity index (χ1n) is 4.06. The highest BCUT2D eigenvalue weighted by Crippen LogP contribution is 2.03. The van der Waals surface area contributed by atoms with Crippen LogP contribution in [0.5, 0.6) is 0 Å². The highest BCUT2D eigenvalue weighted by atomic mass is 32.2. The van der Waals surface area contributed by atoms with E-state index in [1.807, 2.05) is 19.1 Å². The average Bonchev–Trinajstić information content (AvgIpc) is 2.02. The van der Waals surface area contributed by atoms with Gasteiger partial charge in [-0.2, -0.15) is 12.7 Å². The Morgan fingerprint density at radius 1 is 1.50 bits per heavy atom. The number of nitrogens with two attached hydrogens (primary N) is 1. The Bertz CT molecular complexity index is 416. The Hall–Kier alpha value is -0.980. The van der Waals surface area contributed by atoms with Crippen LogP contribution in [0, 0.1) is 6.92 Å². The number of rotatable bonds is 3. The molecule has 0 saturated heterocycles. The maximum atomic E-state index is 10.9. The molecule has 1 aromatic rings. The van der Waals surface area contributed by atoms with E-state index in [0.717, 1.165) is 10.00 Å². The molecule has 0 fully saturated rings. The molecule has 0 bridgehead atoms. The van der Waals surface area contributed by atoms with Gasteiger partial charge in [-0.3, -0.25) is 4.98 Å². The topological polar surface area (TPSA) is 76.3 Å². The largest absolute Gasteiger partial charge is 0.277 e. The summed E-state index contributed by atoms with van der Waals surface area (Å²) in [7, 11) is -2.20. The van der Waals surface area contributed by atoms with Crippen LogP contribution in [0.25, 0.3) is 0 Å². The van der Waals surface area contributed by atoms with Crippen LogP contribution in [0.2, 0.25) is 0 Å². The molecule has 1 rings (SSSR count). The fourth-order valence-electron chi connectivity index (χ4n) is 1.01. The molecule has 0 unspecified atom stereocenters. The second-order valence-electron chi connectivity index (χ2n) is 3.07. The molecule has 0 spiro atoms. The van der Waals surface area contributed by atoms with Crippen molar-refractivity contribution < 1.29 is 8.42 Å². The van der Waals surface area contributed by atoms with Crippen molar-refractivity contribution in [3.63, 3.8) is 0 Å². The first-order valence-corrected chi connectivity index (χ1v) is 5.56. The maximum absolute atomic E-state index is 10.9. The molecular formula is C8H13N3O2S. The lowest BCUT2D eigenvalue weighted by atomic mass is 10.3. The molecule has 0 radical (unpaired) electrons. The van der Waals surface area contributed by atoms with Crippen molar-refractivity contribution in [2.45, 2.75) is 13.5 Å². The van der Waals surface area contributed by atoms with E-state index in [0.29, 0.717) is 5.69 Å². The predicted octanol–water partition coefficient (Wildman–Crippen LogP) is 0.0253. The minimum Gasteiger partial charge on any atom is -0.257 e. The Morgan fingerprint density at radius 2 is 2.14 bits per heavy atom. The van der Waals surface area contributed by atoms with Crippen LogP contribution in [-0.4, -0.2) is 24.8 Å². The van der Waals surface area contributed by atoms with Gasteiger partial charge in [0, 0.05) is 12.7 Å². The summed E-state index contributed by atoms with van der Waals surface area (Å²) in [4.78, 5) is 4.16. The zero-order valence-electron chi connectivity index (χ0n) is 8.14. The maximum Gasteiger partial charge on any atom is 0.277 e. The molecule has 6 heteroatoms. The molecule has 1 heterocycles. The van der Waals surface area contributed by atoms with Gasteiger partial charge in [0.05, 0.1) is 12.2 Å². The number of hydrogen-bond acceptors (Lipinski definition) is 3. The van der Waals surface area contributed by atoms with E-state index in [-0.39, 0.29) is 6.54 Å². The van der Waals surface area contributed by atoms with E-state index in [4.69, 9.17) is 5.14 Å². The molecule has 0 saturated carbocycles. The average molecular weight is 215 g/mol. The highest BCUT2D eigenvalue weighted by molar-refractivity contribution is 7.86. The molecule has 0 aromatic carbocycles. The summed E-state index contributed by atoms with van der Waals surface area (Å²) in [5, 5.41) is 4.94. The summed E-state index contributed by atoms with van der Waals surface area (Å²) in [6.45, 7) is 2.04.